The number of nitrogens with zero attached hydrogens (tertiary/aromatic N) is 4. The van der Waals surface area contributed by atoms with Gasteiger partial charge in [0.15, 0.2) is 0 Å². The van der Waals surface area contributed by atoms with Gasteiger partial charge in [-0.25, -0.2) is 9.40 Å². The normalized spacial score (nSPS) is 19.6. The van der Waals surface area contributed by atoms with Crippen molar-refractivity contribution in [1.82, 2.24) is 9.91 Å². The quantitative estimate of drug-likeness (QED) is 0.798. The van der Waals surface area contributed by atoms with Crippen LogP contribution in [0, 0.1) is 5.82 Å². The van der Waals surface area contributed by atoms with Gasteiger partial charge in [-0.1, -0.05) is 36.4 Å². The van der Waals surface area contributed by atoms with Crippen molar-refractivity contribution in [2.75, 3.05) is 37.7 Å². The van der Waals surface area contributed by atoms with Crippen LogP contribution in [0.1, 0.15) is 18.9 Å². The molecule has 5 nitrogen and oxygen atoms in total. The molecule has 6 heteroatoms. The van der Waals surface area contributed by atoms with E-state index in [9.17, 15) is 9.18 Å². The molecule has 0 aliphatic carbocycles. The van der Waals surface area contributed by atoms with Crippen LogP contribution in [-0.4, -0.2) is 54.4 Å². The minimum absolute atomic E-state index is 0.0188. The van der Waals surface area contributed by atoms with E-state index >= 15 is 0 Å². The summed E-state index contributed by atoms with van der Waals surface area (Å²) in [7, 11) is 0. The molecule has 150 valence electrons. The van der Waals surface area contributed by atoms with Crippen LogP contribution >= 0.6 is 0 Å². The summed E-state index contributed by atoms with van der Waals surface area (Å²) in [5.74, 6) is -0.196. The molecule has 0 saturated carbocycles. The van der Waals surface area contributed by atoms with E-state index in [0.717, 1.165) is 48.7 Å². The van der Waals surface area contributed by atoms with Gasteiger partial charge >= 0.3 is 0 Å². The van der Waals surface area contributed by atoms with Crippen LogP contribution in [0.3, 0.4) is 0 Å². The van der Waals surface area contributed by atoms with Crippen molar-refractivity contribution in [2.45, 2.75) is 13.3 Å². The van der Waals surface area contributed by atoms with Crippen LogP contribution in [0.25, 0.3) is 6.08 Å². The summed E-state index contributed by atoms with van der Waals surface area (Å²) in [6.07, 6.45) is 2.40. The number of benzene rings is 2. The Morgan fingerprint density at radius 2 is 1.79 bits per heavy atom. The number of hydrazone groups is 1. The largest absolute Gasteiger partial charge is 0.369 e. The maximum absolute atomic E-state index is 13.5. The monoisotopic (exact) mass is 392 g/mol. The first kappa shape index (κ1) is 19.3. The van der Waals surface area contributed by atoms with E-state index in [0.29, 0.717) is 13.1 Å². The summed E-state index contributed by atoms with van der Waals surface area (Å²) in [6, 6.07) is 16.7. The van der Waals surface area contributed by atoms with Gasteiger partial charge in [-0.05, 0) is 42.3 Å². The maximum Gasteiger partial charge on any atom is 0.248 e. The molecule has 0 aromatic heterocycles. The Morgan fingerprint density at radius 1 is 1.03 bits per heavy atom. The molecule has 0 radical (unpaired) electrons. The van der Waals surface area contributed by atoms with Crippen LogP contribution in [-0.2, 0) is 4.79 Å². The second kappa shape index (κ2) is 8.57. The van der Waals surface area contributed by atoms with Crippen LogP contribution in [0.5, 0.6) is 0 Å². The molecule has 1 saturated heterocycles. The lowest BCUT2D eigenvalue weighted by molar-refractivity contribution is -0.133. The number of halogens is 1. The third-order valence-electron chi connectivity index (χ3n) is 5.39. The summed E-state index contributed by atoms with van der Waals surface area (Å²) in [5, 5.41) is 6.13. The molecule has 0 spiro atoms. The Kier molecular flexibility index (Phi) is 5.71. The molecule has 29 heavy (non-hydrogen) atoms. The average molecular weight is 392 g/mol. The van der Waals surface area contributed by atoms with Gasteiger partial charge in [-0.15, -0.1) is 0 Å². The van der Waals surface area contributed by atoms with E-state index in [1.165, 1.54) is 6.07 Å². The summed E-state index contributed by atoms with van der Waals surface area (Å²) in [5.41, 5.74) is 3.83. The van der Waals surface area contributed by atoms with Crippen molar-refractivity contribution in [3.05, 3.63) is 71.6 Å². The molecule has 0 unspecified atom stereocenters. The van der Waals surface area contributed by atoms with E-state index in [1.54, 1.807) is 17.1 Å². The van der Waals surface area contributed by atoms with Crippen molar-refractivity contribution < 1.29 is 9.18 Å². The summed E-state index contributed by atoms with van der Waals surface area (Å²) in [6.45, 7) is 5.66. The zero-order chi connectivity index (χ0) is 20.2. The van der Waals surface area contributed by atoms with Gasteiger partial charge < -0.3 is 4.90 Å². The number of amides is 1. The van der Waals surface area contributed by atoms with E-state index in [-0.39, 0.29) is 11.7 Å². The van der Waals surface area contributed by atoms with Crippen LogP contribution in [0.4, 0.5) is 10.1 Å². The molecule has 2 aliphatic heterocycles. The third kappa shape index (κ3) is 4.71. The van der Waals surface area contributed by atoms with Crippen molar-refractivity contribution in [1.29, 1.82) is 0 Å². The number of hydrogen-bond acceptors (Lipinski definition) is 4. The lowest BCUT2D eigenvalue weighted by Gasteiger charge is -2.38. The van der Waals surface area contributed by atoms with Crippen LogP contribution in [0.15, 0.2) is 65.3 Å². The van der Waals surface area contributed by atoms with Crippen LogP contribution in [0.2, 0.25) is 0 Å². The number of hydrogen-bond donors (Lipinski definition) is 0. The third-order valence-corrected chi connectivity index (χ3v) is 5.39. The molecule has 2 aromatic rings. The number of piperazine rings is 1. The van der Waals surface area contributed by atoms with Gasteiger partial charge in [-0.2, -0.15) is 5.10 Å². The Hall–Kier alpha value is -2.99. The molecular formula is C23H25FN4O. The highest BCUT2D eigenvalue weighted by atomic mass is 19.1. The highest BCUT2D eigenvalue weighted by Gasteiger charge is 2.26. The van der Waals surface area contributed by atoms with Gasteiger partial charge in [-0.3, -0.25) is 9.69 Å². The fourth-order valence-electron chi connectivity index (χ4n) is 3.71. The Labute approximate surface area is 170 Å². The predicted molar refractivity (Wildman–Crippen MR) is 114 cm³/mol. The standard InChI is InChI=1S/C23H25FN4O/c1-18-20(14-19-6-3-2-4-7-19)15-23(29)28(25-18)17-26-10-12-27(13-11-26)22-9-5-8-21(24)16-22/h2-9,14,16H,10-13,15,17H2,1H3/b20-14-. The number of carbonyl (C=O) groups is 1. The molecule has 0 N–H and O–H groups in total. The first-order valence-electron chi connectivity index (χ1n) is 9.93. The van der Waals surface area contributed by atoms with E-state index in [2.05, 4.69) is 14.9 Å². The van der Waals surface area contributed by atoms with Gasteiger partial charge in [0.05, 0.1) is 18.8 Å². The van der Waals surface area contributed by atoms with Crippen molar-refractivity contribution in [3.63, 3.8) is 0 Å². The van der Waals surface area contributed by atoms with Crippen LogP contribution < -0.4 is 4.90 Å². The zero-order valence-electron chi connectivity index (χ0n) is 16.6. The lowest BCUT2D eigenvalue weighted by Crippen LogP contribution is -2.50. The summed E-state index contributed by atoms with van der Waals surface area (Å²) < 4.78 is 13.5. The molecular weight excluding hydrogens is 367 g/mol. The maximum atomic E-state index is 13.5. The summed E-state index contributed by atoms with van der Waals surface area (Å²) in [4.78, 5) is 17.0. The number of anilines is 1. The summed E-state index contributed by atoms with van der Waals surface area (Å²) >= 11 is 0. The number of rotatable bonds is 4. The molecule has 0 atom stereocenters. The molecule has 1 amide bonds. The average Bonchev–Trinajstić information content (AvgIpc) is 2.73. The second-order valence-corrected chi connectivity index (χ2v) is 7.46. The van der Waals surface area contributed by atoms with Gasteiger partial charge in [0.2, 0.25) is 5.91 Å². The molecule has 2 aliphatic rings. The fourth-order valence-corrected chi connectivity index (χ4v) is 3.71. The molecule has 0 bridgehead atoms. The highest BCUT2D eigenvalue weighted by Crippen LogP contribution is 2.21. The van der Waals surface area contributed by atoms with E-state index in [1.807, 2.05) is 49.4 Å². The topological polar surface area (TPSA) is 39.1 Å². The minimum Gasteiger partial charge on any atom is -0.369 e. The van der Waals surface area contributed by atoms with Gasteiger partial charge in [0.25, 0.3) is 0 Å². The molecule has 2 heterocycles. The lowest BCUT2D eigenvalue weighted by atomic mass is 10.0. The molecule has 2 aromatic carbocycles. The van der Waals surface area contributed by atoms with E-state index < -0.39 is 0 Å². The smallest absolute Gasteiger partial charge is 0.248 e. The van der Waals surface area contributed by atoms with Crippen molar-refractivity contribution in [2.24, 2.45) is 5.10 Å². The second-order valence-electron chi connectivity index (χ2n) is 7.46. The zero-order valence-corrected chi connectivity index (χ0v) is 16.6. The first-order chi connectivity index (χ1) is 14.1. The van der Waals surface area contributed by atoms with E-state index in [4.69, 9.17) is 0 Å². The molecule has 4 rings (SSSR count). The molecule has 1 fully saturated rings. The highest BCUT2D eigenvalue weighted by molar-refractivity contribution is 6.08. The SMILES string of the molecule is CC1=NN(CN2CCN(c3cccc(F)c3)CC2)C(=O)C/C1=C/c1ccccc1. The Morgan fingerprint density at radius 3 is 2.52 bits per heavy atom. The number of carbonyl (C=O) groups excluding carboxylic acids is 1. The van der Waals surface area contributed by atoms with Crippen molar-refractivity contribution in [3.8, 4) is 0 Å². The van der Waals surface area contributed by atoms with Crippen molar-refractivity contribution >= 4 is 23.4 Å². The predicted octanol–water partition coefficient (Wildman–Crippen LogP) is 3.60. The van der Waals surface area contributed by atoms with Gasteiger partial charge in [0, 0.05) is 31.9 Å². The Bertz CT molecular complexity index is 933. The van der Waals surface area contributed by atoms with Gasteiger partial charge in [0.1, 0.15) is 5.82 Å². The minimum atomic E-state index is -0.215. The Balaban J connectivity index is 1.37. The fraction of sp³-hybridized carbons (Fsp3) is 0.304. The first-order valence-corrected chi connectivity index (χ1v) is 9.93.